The Kier molecular flexibility index (Phi) is 1.83. The van der Waals surface area contributed by atoms with E-state index in [4.69, 9.17) is 0 Å². The molecule has 2 aromatic carbocycles. The molecule has 0 radical (unpaired) electrons. The van der Waals surface area contributed by atoms with Crippen LogP contribution in [0.15, 0.2) is 42.5 Å². The number of fused-ring (bicyclic) bond motifs is 3. The quantitative estimate of drug-likeness (QED) is 0.479. The second-order valence-corrected chi connectivity index (χ2v) is 5.91. The number of rotatable bonds is 0. The lowest BCUT2D eigenvalue weighted by Crippen LogP contribution is -1.69. The molecule has 0 saturated carbocycles. The van der Waals surface area contributed by atoms with Gasteiger partial charge in [0, 0.05) is 16.8 Å². The van der Waals surface area contributed by atoms with E-state index >= 15 is 0 Å². The summed E-state index contributed by atoms with van der Waals surface area (Å²) in [6.07, 6.45) is 2.32. The first-order chi connectivity index (χ1) is 7.27. The van der Waals surface area contributed by atoms with Crippen LogP contribution in [0.2, 0.25) is 0 Å². The van der Waals surface area contributed by atoms with Crippen molar-refractivity contribution in [3.05, 3.63) is 48.0 Å². The molecule has 0 aliphatic heterocycles. The van der Waals surface area contributed by atoms with Crippen LogP contribution in [0.5, 0.6) is 0 Å². The lowest BCUT2D eigenvalue weighted by Gasteiger charge is -1.89. The van der Waals surface area contributed by atoms with Crippen molar-refractivity contribution in [2.75, 3.05) is 0 Å². The highest BCUT2D eigenvalue weighted by atomic mass is 32.2. The molecule has 0 amide bonds. The highest BCUT2D eigenvalue weighted by Gasteiger charge is 2.16. The monoisotopic (exact) mass is 213 g/mol. The summed E-state index contributed by atoms with van der Waals surface area (Å²) < 4.78 is 3.01. The van der Waals surface area contributed by atoms with Gasteiger partial charge in [0.2, 0.25) is 0 Å². The Labute approximate surface area is 92.1 Å². The van der Waals surface area contributed by atoms with Gasteiger partial charge in [0.1, 0.15) is 6.26 Å². The van der Waals surface area contributed by atoms with Gasteiger partial charge < -0.3 is 0 Å². The third kappa shape index (κ3) is 1.20. The summed E-state index contributed by atoms with van der Waals surface area (Å²) >= 11 is 0. The number of hydrogen-bond donors (Lipinski definition) is 0. The smallest absolute Gasteiger partial charge is 0.0612 e. The van der Waals surface area contributed by atoms with E-state index in [0.29, 0.717) is 0 Å². The van der Waals surface area contributed by atoms with Crippen LogP contribution in [-0.4, -0.2) is 0 Å². The van der Waals surface area contributed by atoms with Crippen molar-refractivity contribution in [2.45, 2.75) is 6.92 Å². The van der Waals surface area contributed by atoms with Crippen molar-refractivity contribution in [1.82, 2.24) is 0 Å². The molecular weight excluding hydrogens is 200 g/mol. The zero-order valence-corrected chi connectivity index (χ0v) is 9.77. The lowest BCUT2D eigenvalue weighted by atomic mass is 10.1. The normalized spacial score (nSPS) is 12.5. The zero-order valence-electron chi connectivity index (χ0n) is 8.95. The molecule has 0 aliphatic rings. The topological polar surface area (TPSA) is 0 Å². The predicted molar refractivity (Wildman–Crippen MR) is 69.7 cm³/mol. The third-order valence-corrected chi connectivity index (χ3v) is 4.99. The molecule has 0 fully saturated rings. The highest BCUT2D eigenvalue weighted by molar-refractivity contribution is 7.41. The summed E-state index contributed by atoms with van der Waals surface area (Å²) in [5, 5.41) is 2.86. The van der Waals surface area contributed by atoms with Crippen molar-refractivity contribution in [3.8, 4) is 0 Å². The van der Waals surface area contributed by atoms with Crippen LogP contribution in [0.1, 0.15) is 5.56 Å². The van der Waals surface area contributed by atoms with Gasteiger partial charge in [0.05, 0.1) is 0 Å². The minimum Gasteiger partial charge on any atom is -0.0612 e. The molecule has 0 saturated heterocycles. The second-order valence-electron chi connectivity index (χ2n) is 4.01. The van der Waals surface area contributed by atoms with Crippen molar-refractivity contribution in [2.24, 2.45) is 6.26 Å². The van der Waals surface area contributed by atoms with Crippen LogP contribution >= 0.6 is 10.5 Å². The highest BCUT2D eigenvalue weighted by Crippen LogP contribution is 2.40. The molecule has 1 aromatic heterocycles. The molecule has 1 atom stereocenters. The minimum atomic E-state index is 0.267. The van der Waals surface area contributed by atoms with Crippen LogP contribution in [0.3, 0.4) is 0 Å². The maximum Gasteiger partial charge on any atom is 0.181 e. The van der Waals surface area contributed by atoms with Gasteiger partial charge >= 0.3 is 0 Å². The first kappa shape index (κ1) is 8.93. The van der Waals surface area contributed by atoms with Crippen molar-refractivity contribution < 1.29 is 0 Å². The molecule has 0 aliphatic carbocycles. The molecule has 0 bridgehead atoms. The standard InChI is InChI=1S/C14H13S/c1-10-7-8-12-11-5-3-4-6-13(11)15(2)14(12)9-10/h3-9H,1-2H3/q+1. The molecule has 3 aromatic rings. The van der Waals surface area contributed by atoms with Gasteiger partial charge in [-0.25, -0.2) is 0 Å². The van der Waals surface area contributed by atoms with Crippen molar-refractivity contribution in [3.63, 3.8) is 0 Å². The Hall–Kier alpha value is -1.34. The molecular formula is C14H13S+. The van der Waals surface area contributed by atoms with Crippen LogP contribution in [0, 0.1) is 6.92 Å². The molecule has 1 heterocycles. The van der Waals surface area contributed by atoms with Crippen molar-refractivity contribution in [1.29, 1.82) is 0 Å². The van der Waals surface area contributed by atoms with Crippen molar-refractivity contribution >= 4 is 30.6 Å². The molecule has 3 rings (SSSR count). The SMILES string of the molecule is Cc1ccc2c3ccccc3[s+](C)c2c1. The summed E-state index contributed by atoms with van der Waals surface area (Å²) in [4.78, 5) is 0. The third-order valence-electron chi connectivity index (χ3n) is 2.97. The van der Waals surface area contributed by atoms with E-state index in [1.807, 2.05) is 0 Å². The number of benzene rings is 2. The zero-order chi connectivity index (χ0) is 10.4. The summed E-state index contributed by atoms with van der Waals surface area (Å²) in [5.74, 6) is 0. The Balaban J connectivity index is 2.63. The lowest BCUT2D eigenvalue weighted by molar-refractivity contribution is 1.52. The Bertz CT molecular complexity index is 647. The molecule has 74 valence electrons. The van der Waals surface area contributed by atoms with Crippen LogP contribution < -0.4 is 0 Å². The fourth-order valence-electron chi connectivity index (χ4n) is 2.18. The van der Waals surface area contributed by atoms with Gasteiger partial charge in [-0.1, -0.05) is 18.2 Å². The van der Waals surface area contributed by atoms with E-state index in [1.165, 1.54) is 25.7 Å². The first-order valence-electron chi connectivity index (χ1n) is 5.13. The van der Waals surface area contributed by atoms with Crippen LogP contribution in [0.4, 0.5) is 0 Å². The Morgan fingerprint density at radius 1 is 0.867 bits per heavy atom. The summed E-state index contributed by atoms with van der Waals surface area (Å²) in [5.41, 5.74) is 1.36. The Morgan fingerprint density at radius 2 is 1.60 bits per heavy atom. The molecule has 15 heavy (non-hydrogen) atoms. The molecule has 0 N–H and O–H groups in total. The van der Waals surface area contributed by atoms with Crippen LogP contribution in [0.25, 0.3) is 20.2 Å². The minimum absolute atomic E-state index is 0.267. The number of aryl methyl sites for hydroxylation is 2. The molecule has 0 nitrogen and oxygen atoms in total. The van der Waals surface area contributed by atoms with Crippen LogP contribution in [-0.2, 0) is 6.26 Å². The van der Waals surface area contributed by atoms with Gasteiger partial charge in [-0.3, -0.25) is 0 Å². The summed E-state index contributed by atoms with van der Waals surface area (Å²) in [7, 11) is 0.267. The molecule has 0 spiro atoms. The molecule has 1 unspecified atom stereocenters. The maximum absolute atomic E-state index is 2.33. The largest absolute Gasteiger partial charge is 0.181 e. The van der Waals surface area contributed by atoms with Gasteiger partial charge in [0.25, 0.3) is 0 Å². The van der Waals surface area contributed by atoms with E-state index in [1.54, 1.807) is 0 Å². The van der Waals surface area contributed by atoms with E-state index in [-0.39, 0.29) is 10.5 Å². The maximum atomic E-state index is 2.33. The number of thiophene rings is 1. The van der Waals surface area contributed by atoms with Gasteiger partial charge in [-0.2, -0.15) is 0 Å². The van der Waals surface area contributed by atoms with E-state index in [0.717, 1.165) is 0 Å². The first-order valence-corrected chi connectivity index (χ1v) is 6.76. The Morgan fingerprint density at radius 3 is 2.47 bits per heavy atom. The van der Waals surface area contributed by atoms with Gasteiger partial charge in [0.15, 0.2) is 9.40 Å². The van der Waals surface area contributed by atoms with E-state index in [9.17, 15) is 0 Å². The average Bonchev–Trinajstić information content (AvgIpc) is 2.54. The average molecular weight is 213 g/mol. The predicted octanol–water partition coefficient (Wildman–Crippen LogP) is 4.59. The molecule has 1 heteroatoms. The van der Waals surface area contributed by atoms with Gasteiger partial charge in [-0.05, 0) is 41.2 Å². The van der Waals surface area contributed by atoms with E-state index < -0.39 is 0 Å². The van der Waals surface area contributed by atoms with Gasteiger partial charge in [-0.15, -0.1) is 0 Å². The fourth-order valence-corrected chi connectivity index (χ4v) is 4.08. The number of hydrogen-bond acceptors (Lipinski definition) is 0. The summed E-state index contributed by atoms with van der Waals surface area (Å²) in [6.45, 7) is 2.17. The van der Waals surface area contributed by atoms with E-state index in [2.05, 4.69) is 55.6 Å². The fraction of sp³-hybridized carbons (Fsp3) is 0.143. The summed E-state index contributed by atoms with van der Waals surface area (Å²) in [6, 6.07) is 15.6. The second kappa shape index (κ2) is 3.07.